The van der Waals surface area contributed by atoms with E-state index in [1.165, 1.54) is 0 Å². The molecule has 0 radical (unpaired) electrons. The summed E-state index contributed by atoms with van der Waals surface area (Å²) in [5.74, 6) is -0.313. The van der Waals surface area contributed by atoms with Crippen LogP contribution in [0.15, 0.2) is 30.3 Å². The van der Waals surface area contributed by atoms with Crippen LogP contribution >= 0.6 is 0 Å². The third kappa shape index (κ3) is 2.75. The second-order valence-corrected chi connectivity index (χ2v) is 6.17. The lowest BCUT2D eigenvalue weighted by Crippen LogP contribution is -2.50. The molecule has 2 heterocycles. The Balaban J connectivity index is 1.68. The highest BCUT2D eigenvalue weighted by Crippen LogP contribution is 2.38. The summed E-state index contributed by atoms with van der Waals surface area (Å²) >= 11 is 0. The van der Waals surface area contributed by atoms with Crippen LogP contribution in [0, 0.1) is 5.41 Å². The lowest BCUT2D eigenvalue weighted by Gasteiger charge is -2.39. The van der Waals surface area contributed by atoms with Crippen molar-refractivity contribution in [3.8, 4) is 0 Å². The molecule has 5 nitrogen and oxygen atoms in total. The third-order valence-electron chi connectivity index (χ3n) is 4.82. The van der Waals surface area contributed by atoms with E-state index >= 15 is 0 Å². The summed E-state index contributed by atoms with van der Waals surface area (Å²) in [5, 5.41) is 2.50. The average Bonchev–Trinajstić information content (AvgIpc) is 2.68. The van der Waals surface area contributed by atoms with Gasteiger partial charge in [-0.2, -0.15) is 0 Å². The highest BCUT2D eigenvalue weighted by Gasteiger charge is 2.43. The van der Waals surface area contributed by atoms with Crippen molar-refractivity contribution in [2.24, 2.45) is 5.41 Å². The van der Waals surface area contributed by atoms with E-state index in [-0.39, 0.29) is 17.7 Å². The van der Waals surface area contributed by atoms with Gasteiger partial charge in [0.15, 0.2) is 0 Å². The zero-order valence-electron chi connectivity index (χ0n) is 12.5. The summed E-state index contributed by atoms with van der Waals surface area (Å²) in [4.78, 5) is 38.0. The highest BCUT2D eigenvalue weighted by molar-refractivity contribution is 5.99. The Kier molecular flexibility index (Phi) is 3.96. The standard InChI is InChI=1S/C17H20N2O3/c20-14-7-4-8-17(16(22)18-14)9-11-19(12-10-17)15(21)13-5-2-1-3-6-13/h1-3,5-6H,4,7-12H2,(H,18,20,22). The number of nitrogens with zero attached hydrogens (tertiary/aromatic N) is 1. The molecule has 1 N–H and O–H groups in total. The van der Waals surface area contributed by atoms with Crippen LogP contribution in [0.5, 0.6) is 0 Å². The summed E-state index contributed by atoms with van der Waals surface area (Å²) in [5.41, 5.74) is 0.207. The number of nitrogens with one attached hydrogen (secondary N) is 1. The topological polar surface area (TPSA) is 66.5 Å². The number of hydrogen-bond donors (Lipinski definition) is 1. The molecule has 116 valence electrons. The fourth-order valence-electron chi connectivity index (χ4n) is 3.40. The summed E-state index contributed by atoms with van der Waals surface area (Å²) in [6, 6.07) is 9.20. The second kappa shape index (κ2) is 5.91. The zero-order valence-corrected chi connectivity index (χ0v) is 12.5. The van der Waals surface area contributed by atoms with Gasteiger partial charge in [-0.25, -0.2) is 0 Å². The molecular weight excluding hydrogens is 280 g/mol. The number of amides is 3. The predicted octanol–water partition coefficient (Wildman–Crippen LogP) is 1.74. The van der Waals surface area contributed by atoms with Gasteiger partial charge < -0.3 is 4.90 Å². The molecule has 22 heavy (non-hydrogen) atoms. The maximum atomic E-state index is 12.4. The number of likely N-dealkylation sites (tertiary alicyclic amines) is 1. The molecule has 0 saturated carbocycles. The lowest BCUT2D eigenvalue weighted by atomic mass is 9.74. The molecule has 2 aliphatic rings. The third-order valence-corrected chi connectivity index (χ3v) is 4.82. The highest BCUT2D eigenvalue weighted by atomic mass is 16.2. The van der Waals surface area contributed by atoms with Crippen LogP contribution in [0.25, 0.3) is 0 Å². The molecule has 1 aromatic carbocycles. The molecule has 1 spiro atoms. The van der Waals surface area contributed by atoms with Crippen LogP contribution in [-0.2, 0) is 9.59 Å². The second-order valence-electron chi connectivity index (χ2n) is 6.17. The van der Waals surface area contributed by atoms with E-state index in [9.17, 15) is 14.4 Å². The molecule has 3 amide bonds. The van der Waals surface area contributed by atoms with Gasteiger partial charge in [-0.3, -0.25) is 19.7 Å². The van der Waals surface area contributed by atoms with Crippen molar-refractivity contribution in [2.45, 2.75) is 32.1 Å². The van der Waals surface area contributed by atoms with Crippen LogP contribution in [0.4, 0.5) is 0 Å². The Hall–Kier alpha value is -2.17. The molecule has 3 rings (SSSR count). The van der Waals surface area contributed by atoms with Gasteiger partial charge in [0.2, 0.25) is 11.8 Å². The first-order valence-electron chi connectivity index (χ1n) is 7.79. The number of carbonyl (C=O) groups is 3. The number of hydrogen-bond acceptors (Lipinski definition) is 3. The molecule has 0 aromatic heterocycles. The van der Waals surface area contributed by atoms with E-state index in [4.69, 9.17) is 0 Å². The van der Waals surface area contributed by atoms with Gasteiger partial charge in [0.05, 0.1) is 5.41 Å². The van der Waals surface area contributed by atoms with E-state index in [1.54, 1.807) is 4.90 Å². The van der Waals surface area contributed by atoms with Gasteiger partial charge in [0, 0.05) is 25.1 Å². The van der Waals surface area contributed by atoms with E-state index in [1.807, 2.05) is 30.3 Å². The predicted molar refractivity (Wildman–Crippen MR) is 81.0 cm³/mol. The maximum absolute atomic E-state index is 12.4. The number of piperidine rings is 1. The summed E-state index contributed by atoms with van der Waals surface area (Å²) in [7, 11) is 0. The van der Waals surface area contributed by atoms with Crippen molar-refractivity contribution in [1.82, 2.24) is 10.2 Å². The van der Waals surface area contributed by atoms with Gasteiger partial charge in [0.1, 0.15) is 0 Å². The van der Waals surface area contributed by atoms with Gasteiger partial charge in [-0.1, -0.05) is 18.2 Å². The smallest absolute Gasteiger partial charge is 0.253 e. The van der Waals surface area contributed by atoms with Crippen LogP contribution in [0.3, 0.4) is 0 Å². The van der Waals surface area contributed by atoms with Crippen molar-refractivity contribution < 1.29 is 14.4 Å². The average molecular weight is 300 g/mol. The van der Waals surface area contributed by atoms with Crippen LogP contribution < -0.4 is 5.32 Å². The molecule has 2 saturated heterocycles. The van der Waals surface area contributed by atoms with Crippen LogP contribution in [0.1, 0.15) is 42.5 Å². The number of imide groups is 1. The molecule has 0 bridgehead atoms. The first kappa shape index (κ1) is 14.8. The summed E-state index contributed by atoms with van der Waals surface area (Å²) in [6.45, 7) is 1.13. The van der Waals surface area contributed by atoms with Crippen LogP contribution in [-0.4, -0.2) is 35.7 Å². The molecule has 2 fully saturated rings. The quantitative estimate of drug-likeness (QED) is 0.803. The molecule has 0 atom stereocenters. The van der Waals surface area contributed by atoms with E-state index in [0.29, 0.717) is 37.9 Å². The lowest BCUT2D eigenvalue weighted by molar-refractivity contribution is -0.137. The first-order valence-corrected chi connectivity index (χ1v) is 7.79. The Bertz CT molecular complexity index is 589. The molecule has 0 aliphatic carbocycles. The van der Waals surface area contributed by atoms with Gasteiger partial charge in [0.25, 0.3) is 5.91 Å². The van der Waals surface area contributed by atoms with Gasteiger partial charge >= 0.3 is 0 Å². The molecule has 0 unspecified atom stereocenters. The molecular formula is C17H20N2O3. The van der Waals surface area contributed by atoms with E-state index in [2.05, 4.69) is 5.32 Å². The van der Waals surface area contributed by atoms with E-state index in [0.717, 1.165) is 12.8 Å². The van der Waals surface area contributed by atoms with Crippen molar-refractivity contribution in [3.63, 3.8) is 0 Å². The SMILES string of the molecule is O=C1CCCC2(CCN(C(=O)c3ccccc3)CC2)C(=O)N1. The minimum absolute atomic E-state index is 0.0144. The Morgan fingerprint density at radius 2 is 1.73 bits per heavy atom. The first-order chi connectivity index (χ1) is 10.6. The molecule has 2 aliphatic heterocycles. The summed E-state index contributed by atoms with van der Waals surface area (Å²) in [6.07, 6.45) is 3.15. The van der Waals surface area contributed by atoms with Gasteiger partial charge in [-0.15, -0.1) is 0 Å². The van der Waals surface area contributed by atoms with Crippen molar-refractivity contribution >= 4 is 17.7 Å². The zero-order chi connectivity index (χ0) is 15.6. The maximum Gasteiger partial charge on any atom is 0.253 e. The summed E-state index contributed by atoms with van der Waals surface area (Å²) < 4.78 is 0. The van der Waals surface area contributed by atoms with Crippen LogP contribution in [0.2, 0.25) is 0 Å². The largest absolute Gasteiger partial charge is 0.339 e. The fourth-order valence-corrected chi connectivity index (χ4v) is 3.40. The van der Waals surface area contributed by atoms with Crippen molar-refractivity contribution in [3.05, 3.63) is 35.9 Å². The Morgan fingerprint density at radius 3 is 2.41 bits per heavy atom. The van der Waals surface area contributed by atoms with Gasteiger partial charge in [-0.05, 0) is 37.8 Å². The van der Waals surface area contributed by atoms with E-state index < -0.39 is 5.41 Å². The minimum Gasteiger partial charge on any atom is -0.339 e. The number of rotatable bonds is 1. The number of carbonyl (C=O) groups excluding carboxylic acids is 3. The molecule has 1 aromatic rings. The normalized spacial score (nSPS) is 21.4. The monoisotopic (exact) mass is 300 g/mol. The van der Waals surface area contributed by atoms with Crippen molar-refractivity contribution in [1.29, 1.82) is 0 Å². The van der Waals surface area contributed by atoms with Crippen molar-refractivity contribution in [2.75, 3.05) is 13.1 Å². The fraction of sp³-hybridized carbons (Fsp3) is 0.471. The minimum atomic E-state index is -0.473. The molecule has 5 heteroatoms. The number of benzene rings is 1. The Morgan fingerprint density at radius 1 is 1.05 bits per heavy atom. The Labute approximate surface area is 129 Å².